The average molecular weight is 182 g/mol. The van der Waals surface area contributed by atoms with Crippen LogP contribution in [0.5, 0.6) is 0 Å². The van der Waals surface area contributed by atoms with Crippen molar-refractivity contribution in [2.24, 2.45) is 0 Å². The van der Waals surface area contributed by atoms with E-state index in [0.717, 1.165) is 10.7 Å². The van der Waals surface area contributed by atoms with Crippen molar-refractivity contribution in [1.82, 2.24) is 9.38 Å². The summed E-state index contributed by atoms with van der Waals surface area (Å²) in [5.41, 5.74) is 0. The molecule has 0 amide bonds. The van der Waals surface area contributed by atoms with Crippen LogP contribution in [0.4, 0.5) is 0 Å². The Morgan fingerprint density at radius 2 is 2.50 bits per heavy atom. The van der Waals surface area contributed by atoms with E-state index in [0.29, 0.717) is 4.88 Å². The van der Waals surface area contributed by atoms with Crippen molar-refractivity contribution in [3.8, 4) is 0 Å². The normalized spacial score (nSPS) is 10.8. The Morgan fingerprint density at radius 3 is 3.08 bits per heavy atom. The number of aromatic carboxylic acids is 1. The minimum atomic E-state index is -0.886. The number of thiazole rings is 1. The topological polar surface area (TPSA) is 54.6 Å². The lowest BCUT2D eigenvalue weighted by Crippen LogP contribution is -1.91. The zero-order valence-corrected chi connectivity index (χ0v) is 7.13. The summed E-state index contributed by atoms with van der Waals surface area (Å²) < 4.78 is 1.77. The summed E-state index contributed by atoms with van der Waals surface area (Å²) in [6, 6.07) is 0. The van der Waals surface area contributed by atoms with E-state index in [2.05, 4.69) is 4.98 Å². The molecule has 12 heavy (non-hydrogen) atoms. The number of rotatable bonds is 1. The van der Waals surface area contributed by atoms with Crippen molar-refractivity contribution in [1.29, 1.82) is 0 Å². The Hall–Kier alpha value is -1.36. The Balaban J connectivity index is 2.70. The molecule has 0 atom stereocenters. The molecule has 0 unspecified atom stereocenters. The number of carbonyl (C=O) groups is 1. The van der Waals surface area contributed by atoms with Gasteiger partial charge < -0.3 is 5.11 Å². The van der Waals surface area contributed by atoms with Crippen LogP contribution in [-0.4, -0.2) is 20.5 Å². The first-order valence-electron chi connectivity index (χ1n) is 3.35. The van der Waals surface area contributed by atoms with Gasteiger partial charge in [-0.25, -0.2) is 9.78 Å². The Morgan fingerprint density at radius 1 is 1.75 bits per heavy atom. The highest BCUT2D eigenvalue weighted by Gasteiger charge is 2.09. The first kappa shape index (κ1) is 7.30. The Kier molecular flexibility index (Phi) is 1.41. The van der Waals surface area contributed by atoms with Gasteiger partial charge in [0.05, 0.1) is 6.20 Å². The molecule has 0 saturated carbocycles. The highest BCUT2D eigenvalue weighted by molar-refractivity contribution is 7.19. The van der Waals surface area contributed by atoms with E-state index in [4.69, 9.17) is 5.11 Å². The SMILES string of the molecule is Cc1ncc2sc(C(=O)O)cn12. The molecule has 2 rings (SSSR count). The van der Waals surface area contributed by atoms with E-state index in [1.54, 1.807) is 16.8 Å². The van der Waals surface area contributed by atoms with Gasteiger partial charge in [-0.2, -0.15) is 0 Å². The molecule has 0 fully saturated rings. The predicted molar refractivity (Wildman–Crippen MR) is 44.8 cm³/mol. The van der Waals surface area contributed by atoms with Gasteiger partial charge >= 0.3 is 5.97 Å². The lowest BCUT2D eigenvalue weighted by atomic mass is 10.5. The number of carboxylic acids is 1. The van der Waals surface area contributed by atoms with Gasteiger partial charge in [0.2, 0.25) is 0 Å². The number of hydrogen-bond donors (Lipinski definition) is 1. The number of hydrogen-bond acceptors (Lipinski definition) is 3. The molecule has 0 radical (unpaired) electrons. The molecule has 1 N–H and O–H groups in total. The van der Waals surface area contributed by atoms with Crippen LogP contribution >= 0.6 is 11.3 Å². The molecule has 0 aliphatic heterocycles. The van der Waals surface area contributed by atoms with E-state index < -0.39 is 5.97 Å². The van der Waals surface area contributed by atoms with Crippen molar-refractivity contribution in [3.05, 3.63) is 23.1 Å². The number of aryl methyl sites for hydroxylation is 1. The lowest BCUT2D eigenvalue weighted by Gasteiger charge is -1.84. The predicted octanol–water partition coefficient (Wildman–Crippen LogP) is 1.40. The van der Waals surface area contributed by atoms with E-state index in [1.807, 2.05) is 6.92 Å². The standard InChI is InChI=1S/C7H6N2O2S/c1-4-8-2-6-9(4)3-5(12-6)7(10)11/h2-3H,1H3,(H,10,11). The largest absolute Gasteiger partial charge is 0.477 e. The first-order chi connectivity index (χ1) is 5.68. The van der Waals surface area contributed by atoms with Gasteiger partial charge in [-0.05, 0) is 6.92 Å². The number of fused-ring (bicyclic) bond motifs is 1. The molecule has 0 bridgehead atoms. The van der Waals surface area contributed by atoms with Gasteiger partial charge in [0.15, 0.2) is 0 Å². The van der Waals surface area contributed by atoms with Crippen LogP contribution < -0.4 is 0 Å². The molecule has 62 valence electrons. The zero-order chi connectivity index (χ0) is 8.72. The fourth-order valence-corrected chi connectivity index (χ4v) is 1.88. The molecule has 2 aromatic rings. The van der Waals surface area contributed by atoms with Crippen molar-refractivity contribution in [2.45, 2.75) is 6.92 Å². The molecular weight excluding hydrogens is 176 g/mol. The fraction of sp³-hybridized carbons (Fsp3) is 0.143. The summed E-state index contributed by atoms with van der Waals surface area (Å²) in [4.78, 5) is 15.8. The highest BCUT2D eigenvalue weighted by atomic mass is 32.1. The van der Waals surface area contributed by atoms with E-state index in [1.165, 1.54) is 11.3 Å². The zero-order valence-electron chi connectivity index (χ0n) is 6.31. The number of imidazole rings is 1. The van der Waals surface area contributed by atoms with Gasteiger partial charge in [-0.1, -0.05) is 0 Å². The van der Waals surface area contributed by atoms with Crippen LogP contribution in [0, 0.1) is 6.92 Å². The molecule has 5 heteroatoms. The highest BCUT2D eigenvalue weighted by Crippen LogP contribution is 2.18. The maximum Gasteiger partial charge on any atom is 0.347 e. The summed E-state index contributed by atoms with van der Waals surface area (Å²) in [6.07, 6.45) is 3.26. The minimum absolute atomic E-state index is 0.343. The van der Waals surface area contributed by atoms with Crippen LogP contribution in [-0.2, 0) is 0 Å². The molecule has 0 aromatic carbocycles. The lowest BCUT2D eigenvalue weighted by molar-refractivity contribution is 0.0702. The minimum Gasteiger partial charge on any atom is -0.477 e. The summed E-state index contributed by atoms with van der Waals surface area (Å²) in [7, 11) is 0. The Labute approximate surface area is 72.1 Å². The van der Waals surface area contributed by atoms with Crippen LogP contribution in [0.3, 0.4) is 0 Å². The van der Waals surface area contributed by atoms with Crippen molar-refractivity contribution >= 4 is 22.1 Å². The summed E-state index contributed by atoms with van der Waals surface area (Å²) >= 11 is 1.23. The van der Waals surface area contributed by atoms with Gasteiger partial charge in [0.1, 0.15) is 15.5 Å². The smallest absolute Gasteiger partial charge is 0.347 e. The third-order valence-electron chi connectivity index (χ3n) is 1.62. The van der Waals surface area contributed by atoms with Gasteiger partial charge in [-0.3, -0.25) is 4.40 Å². The summed E-state index contributed by atoms with van der Waals surface area (Å²) in [6.45, 7) is 1.84. The van der Waals surface area contributed by atoms with E-state index >= 15 is 0 Å². The number of nitrogens with zero attached hydrogens (tertiary/aromatic N) is 2. The number of carboxylic acid groups (broad SMARTS) is 1. The van der Waals surface area contributed by atoms with Crippen molar-refractivity contribution in [3.63, 3.8) is 0 Å². The molecule has 0 saturated heterocycles. The molecular formula is C7H6N2O2S. The van der Waals surface area contributed by atoms with Gasteiger partial charge in [0.25, 0.3) is 0 Å². The Bertz CT molecular complexity index is 443. The first-order valence-corrected chi connectivity index (χ1v) is 4.17. The maximum absolute atomic E-state index is 10.6. The van der Waals surface area contributed by atoms with E-state index in [9.17, 15) is 4.79 Å². The summed E-state index contributed by atoms with van der Waals surface area (Å²) in [5, 5.41) is 8.67. The molecule has 2 heterocycles. The summed E-state index contributed by atoms with van der Waals surface area (Å²) in [5.74, 6) is -0.0724. The average Bonchev–Trinajstić information content (AvgIpc) is 2.53. The van der Waals surface area contributed by atoms with Crippen molar-refractivity contribution < 1.29 is 9.90 Å². The van der Waals surface area contributed by atoms with Crippen LogP contribution in [0.15, 0.2) is 12.4 Å². The molecule has 0 spiro atoms. The fourth-order valence-electron chi connectivity index (χ4n) is 1.02. The van der Waals surface area contributed by atoms with Gasteiger partial charge in [-0.15, -0.1) is 11.3 Å². The second kappa shape index (κ2) is 2.31. The molecule has 2 aromatic heterocycles. The molecule has 0 aliphatic rings. The van der Waals surface area contributed by atoms with E-state index in [-0.39, 0.29) is 0 Å². The van der Waals surface area contributed by atoms with Crippen LogP contribution in [0.2, 0.25) is 0 Å². The maximum atomic E-state index is 10.6. The second-order valence-corrected chi connectivity index (χ2v) is 3.48. The van der Waals surface area contributed by atoms with Gasteiger partial charge in [0, 0.05) is 6.20 Å². The number of aromatic nitrogens is 2. The van der Waals surface area contributed by atoms with Crippen LogP contribution in [0.25, 0.3) is 4.83 Å². The molecule has 4 nitrogen and oxygen atoms in total. The second-order valence-electron chi connectivity index (χ2n) is 2.41. The van der Waals surface area contributed by atoms with Crippen molar-refractivity contribution in [2.75, 3.05) is 0 Å². The third-order valence-corrected chi connectivity index (χ3v) is 2.63. The monoisotopic (exact) mass is 182 g/mol. The quantitative estimate of drug-likeness (QED) is 0.725. The third kappa shape index (κ3) is 0.902. The molecule has 0 aliphatic carbocycles. The van der Waals surface area contributed by atoms with Crippen LogP contribution in [0.1, 0.15) is 15.5 Å².